The molecule has 4 fully saturated rings. The number of hydrogen-bond acceptors (Lipinski definition) is 7. The van der Waals surface area contributed by atoms with Crippen molar-refractivity contribution in [3.63, 3.8) is 0 Å². The van der Waals surface area contributed by atoms with Crippen LogP contribution in [0.25, 0.3) is 6.08 Å². The Labute approximate surface area is 267 Å². The molecule has 5 N–H and O–H groups in total. The first kappa shape index (κ1) is 33.9. The van der Waals surface area contributed by atoms with Crippen LogP contribution in [-0.2, 0) is 18.9 Å². The third kappa shape index (κ3) is 8.00. The first-order valence-corrected chi connectivity index (χ1v) is 16.1. The molecule has 5 rings (SSSR count). The Hall–Kier alpha value is -2.97. The van der Waals surface area contributed by atoms with Crippen LogP contribution >= 0.6 is 15.9 Å². The molecule has 1 aromatic carbocycles. The Morgan fingerprint density at radius 1 is 1.23 bits per heavy atom. The highest BCUT2D eigenvalue weighted by atomic mass is 79.9. The highest BCUT2D eigenvalue weighted by Gasteiger charge is 2.68. The molecule has 1 saturated heterocycles. The maximum atomic E-state index is 13.8. The van der Waals surface area contributed by atoms with Gasteiger partial charge in [0, 0.05) is 17.1 Å². The van der Waals surface area contributed by atoms with Gasteiger partial charge in [-0.2, -0.15) is 0 Å². The Kier molecular flexibility index (Phi) is 10.8. The second kappa shape index (κ2) is 14.0. The van der Waals surface area contributed by atoms with Gasteiger partial charge in [0.2, 0.25) is 11.8 Å². The summed E-state index contributed by atoms with van der Waals surface area (Å²) in [5.74, 6) is -0.295. The summed E-state index contributed by atoms with van der Waals surface area (Å²) in [5.41, 5.74) is 7.92. The van der Waals surface area contributed by atoms with Gasteiger partial charge in [-0.05, 0) is 86.0 Å². The topological polar surface area (TPSA) is 170 Å². The van der Waals surface area contributed by atoms with Crippen LogP contribution in [0.5, 0.6) is 0 Å². The van der Waals surface area contributed by atoms with Crippen LogP contribution in [0.1, 0.15) is 72.3 Å². The molecule has 3 saturated carbocycles. The van der Waals surface area contributed by atoms with Gasteiger partial charge in [0.25, 0.3) is 5.96 Å². The number of hydrazine groups is 1. The predicted octanol–water partition coefficient (Wildman–Crippen LogP) is 3.62. The summed E-state index contributed by atoms with van der Waals surface area (Å²) in [4.78, 5) is 41.2. The molecule has 14 heteroatoms. The van der Waals surface area contributed by atoms with E-state index in [1.165, 1.54) is 6.08 Å². The van der Waals surface area contributed by atoms with E-state index in [9.17, 15) is 19.7 Å². The van der Waals surface area contributed by atoms with E-state index in [4.69, 9.17) is 15.0 Å². The zero-order valence-corrected chi connectivity index (χ0v) is 27.6. The number of nitro groups is 1. The molecule has 3 aliphatic carbocycles. The van der Waals surface area contributed by atoms with Crippen LogP contribution in [0.2, 0.25) is 0 Å². The number of benzene rings is 1. The van der Waals surface area contributed by atoms with E-state index < -0.39 is 35.6 Å². The Morgan fingerprint density at radius 2 is 1.93 bits per heavy atom. The number of guanidine groups is 1. The average Bonchev–Trinajstić information content (AvgIpc) is 3.30. The van der Waals surface area contributed by atoms with Gasteiger partial charge in [0.1, 0.15) is 6.04 Å². The highest BCUT2D eigenvalue weighted by Crippen LogP contribution is 2.65. The number of aliphatic imine (C=N–C) groups is 1. The molecule has 0 aromatic heterocycles. The molecule has 6 atom stereocenters. The van der Waals surface area contributed by atoms with Crippen molar-refractivity contribution < 1.29 is 23.9 Å². The third-order valence-electron chi connectivity index (χ3n) is 9.42. The summed E-state index contributed by atoms with van der Waals surface area (Å²) in [7, 11) is -0.599. The number of nitrogens with two attached hydrogens (primary N) is 1. The lowest BCUT2D eigenvalue weighted by Crippen LogP contribution is -2.65. The lowest BCUT2D eigenvalue weighted by atomic mass is 9.43. The predicted molar refractivity (Wildman–Crippen MR) is 172 cm³/mol. The van der Waals surface area contributed by atoms with Crippen molar-refractivity contribution in [2.45, 2.75) is 90.4 Å². The van der Waals surface area contributed by atoms with Crippen LogP contribution in [0.3, 0.4) is 0 Å². The first-order chi connectivity index (χ1) is 20.7. The molecule has 2 bridgehead atoms. The third-order valence-corrected chi connectivity index (χ3v) is 9.95. The van der Waals surface area contributed by atoms with Crippen LogP contribution in [-0.4, -0.2) is 60.2 Å². The second-order valence-electron chi connectivity index (χ2n) is 13.3. The molecule has 240 valence electrons. The quantitative estimate of drug-likeness (QED) is 0.0468. The molecule has 1 heterocycles. The summed E-state index contributed by atoms with van der Waals surface area (Å²) in [6.45, 7) is 11.0. The van der Waals surface area contributed by atoms with E-state index in [2.05, 4.69) is 66.2 Å². The lowest BCUT2D eigenvalue weighted by molar-refractivity contribution is -0.525. The monoisotopic (exact) mass is 674 g/mol. The molecule has 4 aliphatic rings. The van der Waals surface area contributed by atoms with Gasteiger partial charge < -0.3 is 25.7 Å². The number of carbonyl (C=O) groups is 2. The van der Waals surface area contributed by atoms with Crippen LogP contribution < -0.4 is 21.8 Å². The minimum absolute atomic E-state index is 0.0221. The maximum absolute atomic E-state index is 13.8. The highest BCUT2D eigenvalue weighted by molar-refractivity contribution is 9.10. The van der Waals surface area contributed by atoms with Crippen LogP contribution in [0.4, 0.5) is 0 Å². The molecule has 2 amide bonds. The fraction of sp³-hybridized carbons (Fsp3) is 0.633. The van der Waals surface area contributed by atoms with Crippen molar-refractivity contribution in [2.75, 3.05) is 6.54 Å². The molecule has 1 aliphatic heterocycles. The van der Waals surface area contributed by atoms with Gasteiger partial charge in [-0.1, -0.05) is 61.2 Å². The zero-order chi connectivity index (χ0) is 32.2. The average molecular weight is 675 g/mol. The van der Waals surface area contributed by atoms with Crippen molar-refractivity contribution in [2.24, 2.45) is 33.9 Å². The Morgan fingerprint density at radius 3 is 2.57 bits per heavy atom. The summed E-state index contributed by atoms with van der Waals surface area (Å²) in [6.07, 6.45) is 6.31. The number of halogens is 1. The second-order valence-corrected chi connectivity index (χ2v) is 14.2. The van der Waals surface area contributed by atoms with Crippen molar-refractivity contribution in [3.05, 3.63) is 50.5 Å². The number of nitrogens with one attached hydrogen (secondary N) is 3. The van der Waals surface area contributed by atoms with Gasteiger partial charge in [-0.3, -0.25) is 9.59 Å². The largest absolute Gasteiger partial charge is 0.481 e. The molecular weight excluding hydrogens is 631 g/mol. The number of carbonyl (C=O) groups excluding carboxylic acids is 2. The first-order valence-electron chi connectivity index (χ1n) is 15.3. The van der Waals surface area contributed by atoms with E-state index in [0.717, 1.165) is 22.9 Å². The molecule has 1 aromatic rings. The number of hydrogen-bond donors (Lipinski definition) is 4. The number of rotatable bonds is 13. The van der Waals surface area contributed by atoms with Crippen molar-refractivity contribution in [3.8, 4) is 0 Å². The summed E-state index contributed by atoms with van der Waals surface area (Å²) < 4.78 is 14.1. The molecule has 44 heavy (non-hydrogen) atoms. The molecular formula is C30H44BBrN6O6. The van der Waals surface area contributed by atoms with Gasteiger partial charge in [-0.25, -0.2) is 15.1 Å². The fourth-order valence-corrected chi connectivity index (χ4v) is 7.22. The SMILES string of the molecule is CC(C)C[C@H](NC(=O)[C@H](CCCN=C(N)N[N+](=O)[O-])NC(=O)/C=C/c1ccc(Br)cc1)B1O[C@@H]2C[C@@H]3C[C@@H](C3(C)C)[C@]2(C)O1. The van der Waals surface area contributed by atoms with Crippen molar-refractivity contribution in [1.29, 1.82) is 0 Å². The number of amides is 2. The standard InChI is InChI=1S/C30H44BBrN6O6/c1-18(2)15-25(31-43-24-17-20-16-23(29(20,3)4)30(24,5)44-31)36-27(40)22(7-6-14-34-28(33)37-38(41)42)35-26(39)13-10-19-8-11-21(32)12-9-19/h8-13,18,20,22-25H,6-7,14-17H2,1-5H3,(H,35,39)(H,36,40)(H3,33,34,37)/b13-10+/t20-,22-,23-,24+,25-,30-/m0/s1. The molecule has 0 radical (unpaired) electrons. The maximum Gasteiger partial charge on any atom is 0.481 e. The fourth-order valence-electron chi connectivity index (χ4n) is 6.96. The van der Waals surface area contributed by atoms with Gasteiger partial charge >= 0.3 is 7.12 Å². The van der Waals surface area contributed by atoms with Gasteiger partial charge in [0.05, 0.1) is 17.6 Å². The van der Waals surface area contributed by atoms with Crippen molar-refractivity contribution in [1.82, 2.24) is 16.1 Å². The Bertz CT molecular complexity index is 1280. The van der Waals surface area contributed by atoms with Crippen LogP contribution in [0.15, 0.2) is 39.8 Å². The zero-order valence-electron chi connectivity index (χ0n) is 26.0. The minimum Gasteiger partial charge on any atom is -0.404 e. The molecule has 0 unspecified atom stereocenters. The van der Waals surface area contributed by atoms with Crippen molar-refractivity contribution >= 4 is 46.9 Å². The summed E-state index contributed by atoms with van der Waals surface area (Å²) in [5, 5.41) is 15.7. The number of nitrogens with zero attached hydrogens (tertiary/aromatic N) is 2. The normalized spacial score (nSPS) is 26.9. The molecule has 12 nitrogen and oxygen atoms in total. The smallest absolute Gasteiger partial charge is 0.404 e. The van der Waals surface area contributed by atoms with E-state index >= 15 is 0 Å². The van der Waals surface area contributed by atoms with E-state index in [0.29, 0.717) is 24.7 Å². The van der Waals surface area contributed by atoms with E-state index in [-0.39, 0.29) is 42.3 Å². The van der Waals surface area contributed by atoms with E-state index in [1.54, 1.807) is 11.5 Å². The summed E-state index contributed by atoms with van der Waals surface area (Å²) in [6, 6.07) is 6.58. The summed E-state index contributed by atoms with van der Waals surface area (Å²) >= 11 is 3.39. The van der Waals surface area contributed by atoms with Gasteiger partial charge in [0.15, 0.2) is 5.03 Å². The van der Waals surface area contributed by atoms with Gasteiger partial charge in [-0.15, -0.1) is 0 Å². The van der Waals surface area contributed by atoms with E-state index in [1.807, 2.05) is 24.3 Å². The minimum atomic E-state index is -0.891. The Balaban J connectivity index is 1.45. The lowest BCUT2D eigenvalue weighted by Gasteiger charge is -2.64. The molecule has 0 spiro atoms. The van der Waals surface area contributed by atoms with Crippen LogP contribution in [0, 0.1) is 33.3 Å².